The Balaban J connectivity index is 1.80. The van der Waals surface area contributed by atoms with E-state index in [1.807, 2.05) is 36.4 Å². The van der Waals surface area contributed by atoms with Gasteiger partial charge in [-0.1, -0.05) is 61.5 Å². The molecule has 0 aliphatic heterocycles. The normalized spacial score (nSPS) is 11.5. The van der Waals surface area contributed by atoms with Crippen LogP contribution in [0.5, 0.6) is 0 Å². The molecule has 3 rings (SSSR count). The number of aliphatic imine (C=N–C) groups is 1. The van der Waals surface area contributed by atoms with Crippen LogP contribution in [0.4, 0.5) is 0 Å². The molecule has 4 heteroatoms. The molecule has 4 nitrogen and oxygen atoms in total. The summed E-state index contributed by atoms with van der Waals surface area (Å²) in [6.07, 6.45) is 2.79. The zero-order valence-corrected chi connectivity index (χ0v) is 14.9. The molecule has 2 aromatic carbocycles. The van der Waals surface area contributed by atoms with Crippen molar-refractivity contribution in [3.05, 3.63) is 106 Å². The third kappa shape index (κ3) is 4.28. The third-order valence-corrected chi connectivity index (χ3v) is 4.36. The number of rotatable bonds is 6. The van der Waals surface area contributed by atoms with E-state index in [2.05, 4.69) is 36.2 Å². The minimum atomic E-state index is -0.124. The maximum Gasteiger partial charge on any atom is 0.261 e. The molecule has 0 atom stereocenters. The number of hydrogen-bond donors (Lipinski definition) is 1. The first-order valence-electron chi connectivity index (χ1n) is 8.79. The highest BCUT2D eigenvalue weighted by Gasteiger charge is 2.07. The van der Waals surface area contributed by atoms with Crippen molar-refractivity contribution in [1.82, 2.24) is 4.57 Å². The van der Waals surface area contributed by atoms with Crippen molar-refractivity contribution in [1.29, 1.82) is 0 Å². The molecule has 0 spiro atoms. The van der Waals surface area contributed by atoms with E-state index in [0.29, 0.717) is 18.7 Å². The van der Waals surface area contributed by atoms with E-state index in [0.717, 1.165) is 17.5 Å². The second-order valence-electron chi connectivity index (χ2n) is 6.21. The van der Waals surface area contributed by atoms with Gasteiger partial charge in [0.2, 0.25) is 0 Å². The highest BCUT2D eigenvalue weighted by Crippen LogP contribution is 2.07. The molecular formula is C22H23N3O. The van der Waals surface area contributed by atoms with E-state index < -0.39 is 0 Å². The van der Waals surface area contributed by atoms with Gasteiger partial charge in [0, 0.05) is 6.20 Å². The number of hydrogen-bond acceptors (Lipinski definition) is 2. The van der Waals surface area contributed by atoms with Crippen LogP contribution in [-0.4, -0.2) is 10.4 Å². The standard InChI is InChI=1S/C22H23N3O/c1-2-17-10-12-19(13-11-17)16-25-14-6-9-20(22(25)26)21(23)24-15-18-7-4-3-5-8-18/h3-14H,2,15-16H2,1H3,(H2,23,24). The Morgan fingerprint density at radius 3 is 2.31 bits per heavy atom. The van der Waals surface area contributed by atoms with E-state index in [4.69, 9.17) is 5.73 Å². The van der Waals surface area contributed by atoms with Gasteiger partial charge in [0.25, 0.3) is 5.56 Å². The molecule has 3 aromatic rings. The molecule has 1 aromatic heterocycles. The lowest BCUT2D eigenvalue weighted by Crippen LogP contribution is -2.30. The van der Waals surface area contributed by atoms with Crippen molar-refractivity contribution >= 4 is 5.84 Å². The second-order valence-corrected chi connectivity index (χ2v) is 6.21. The summed E-state index contributed by atoms with van der Waals surface area (Å²) in [5, 5.41) is 0. The summed E-state index contributed by atoms with van der Waals surface area (Å²) in [6.45, 7) is 3.10. The van der Waals surface area contributed by atoms with Gasteiger partial charge in [0.1, 0.15) is 5.84 Å². The highest BCUT2D eigenvalue weighted by atomic mass is 16.1. The number of aromatic nitrogens is 1. The molecule has 2 N–H and O–H groups in total. The molecule has 26 heavy (non-hydrogen) atoms. The molecule has 0 aliphatic carbocycles. The summed E-state index contributed by atoms with van der Waals surface area (Å²) in [6, 6.07) is 21.7. The van der Waals surface area contributed by atoms with Crippen LogP contribution in [0.25, 0.3) is 0 Å². The highest BCUT2D eigenvalue weighted by molar-refractivity contribution is 5.97. The minimum Gasteiger partial charge on any atom is -0.383 e. The Morgan fingerprint density at radius 2 is 1.62 bits per heavy atom. The van der Waals surface area contributed by atoms with Crippen LogP contribution in [0.15, 0.2) is 82.7 Å². The number of nitrogens with zero attached hydrogens (tertiary/aromatic N) is 2. The molecule has 0 saturated heterocycles. The molecule has 0 amide bonds. The van der Waals surface area contributed by atoms with Gasteiger partial charge in [0.15, 0.2) is 0 Å². The SMILES string of the molecule is CCc1ccc(Cn2cccc(C(N)=NCc3ccccc3)c2=O)cc1. The fraction of sp³-hybridized carbons (Fsp3) is 0.182. The van der Waals surface area contributed by atoms with E-state index >= 15 is 0 Å². The Labute approximate surface area is 153 Å². The molecule has 1 heterocycles. The van der Waals surface area contributed by atoms with Crippen LogP contribution in [-0.2, 0) is 19.5 Å². The van der Waals surface area contributed by atoms with E-state index in [1.165, 1.54) is 5.56 Å². The lowest BCUT2D eigenvalue weighted by molar-refractivity contribution is 0.756. The second kappa shape index (κ2) is 8.30. The summed E-state index contributed by atoms with van der Waals surface area (Å²) in [5.41, 5.74) is 9.82. The summed E-state index contributed by atoms with van der Waals surface area (Å²) in [7, 11) is 0. The van der Waals surface area contributed by atoms with Gasteiger partial charge in [-0.05, 0) is 35.2 Å². The maximum atomic E-state index is 12.8. The summed E-state index contributed by atoms with van der Waals surface area (Å²) in [5.74, 6) is 0.273. The first-order valence-corrected chi connectivity index (χ1v) is 8.79. The average molecular weight is 345 g/mol. The molecule has 0 fully saturated rings. The Morgan fingerprint density at radius 1 is 0.923 bits per heavy atom. The van der Waals surface area contributed by atoms with Crippen LogP contribution in [0.1, 0.15) is 29.2 Å². The smallest absolute Gasteiger partial charge is 0.261 e. The van der Waals surface area contributed by atoms with Crippen molar-refractivity contribution < 1.29 is 0 Å². The lowest BCUT2D eigenvalue weighted by Gasteiger charge is -2.09. The minimum absolute atomic E-state index is 0.124. The third-order valence-electron chi connectivity index (χ3n) is 4.36. The number of benzene rings is 2. The maximum absolute atomic E-state index is 12.8. The molecular weight excluding hydrogens is 322 g/mol. The predicted octanol–water partition coefficient (Wildman–Crippen LogP) is 3.36. The van der Waals surface area contributed by atoms with Gasteiger partial charge in [-0.25, -0.2) is 0 Å². The zero-order valence-electron chi connectivity index (χ0n) is 14.9. The van der Waals surface area contributed by atoms with Crippen molar-refractivity contribution in [2.24, 2.45) is 10.7 Å². The van der Waals surface area contributed by atoms with Crippen LogP contribution >= 0.6 is 0 Å². The van der Waals surface area contributed by atoms with Crippen molar-refractivity contribution in [3.8, 4) is 0 Å². The largest absolute Gasteiger partial charge is 0.383 e. The van der Waals surface area contributed by atoms with Crippen molar-refractivity contribution in [2.45, 2.75) is 26.4 Å². The topological polar surface area (TPSA) is 60.4 Å². The average Bonchev–Trinajstić information content (AvgIpc) is 2.69. The van der Waals surface area contributed by atoms with E-state index in [1.54, 1.807) is 16.8 Å². The number of aryl methyl sites for hydroxylation is 1. The van der Waals surface area contributed by atoms with Crippen LogP contribution in [0.2, 0.25) is 0 Å². The number of amidine groups is 1. The van der Waals surface area contributed by atoms with Crippen molar-refractivity contribution in [2.75, 3.05) is 0 Å². The van der Waals surface area contributed by atoms with E-state index in [9.17, 15) is 4.79 Å². The lowest BCUT2D eigenvalue weighted by atomic mass is 10.1. The molecule has 0 saturated carbocycles. The Kier molecular flexibility index (Phi) is 5.64. The predicted molar refractivity (Wildman–Crippen MR) is 106 cm³/mol. The Hall–Kier alpha value is -3.14. The molecule has 0 radical (unpaired) electrons. The number of nitrogens with two attached hydrogens (primary N) is 1. The van der Waals surface area contributed by atoms with Crippen LogP contribution in [0.3, 0.4) is 0 Å². The fourth-order valence-corrected chi connectivity index (χ4v) is 2.78. The molecule has 0 bridgehead atoms. The first kappa shape index (κ1) is 17.7. The summed E-state index contributed by atoms with van der Waals surface area (Å²) < 4.78 is 1.67. The molecule has 0 unspecified atom stereocenters. The van der Waals surface area contributed by atoms with Crippen molar-refractivity contribution in [3.63, 3.8) is 0 Å². The summed E-state index contributed by atoms with van der Waals surface area (Å²) in [4.78, 5) is 17.1. The van der Waals surface area contributed by atoms with Gasteiger partial charge in [-0.2, -0.15) is 0 Å². The van der Waals surface area contributed by atoms with Gasteiger partial charge in [-0.15, -0.1) is 0 Å². The fourth-order valence-electron chi connectivity index (χ4n) is 2.78. The van der Waals surface area contributed by atoms with Gasteiger partial charge in [-0.3, -0.25) is 9.79 Å². The summed E-state index contributed by atoms with van der Waals surface area (Å²) >= 11 is 0. The van der Waals surface area contributed by atoms with Gasteiger partial charge >= 0.3 is 0 Å². The van der Waals surface area contributed by atoms with Crippen LogP contribution < -0.4 is 11.3 Å². The van der Waals surface area contributed by atoms with Crippen LogP contribution in [0, 0.1) is 0 Å². The van der Waals surface area contributed by atoms with Gasteiger partial charge < -0.3 is 10.3 Å². The van der Waals surface area contributed by atoms with Gasteiger partial charge in [0.05, 0.1) is 18.7 Å². The molecule has 132 valence electrons. The zero-order chi connectivity index (χ0) is 18.4. The molecule has 0 aliphatic rings. The quantitative estimate of drug-likeness (QED) is 0.550. The first-order chi connectivity index (χ1) is 12.7. The van der Waals surface area contributed by atoms with E-state index in [-0.39, 0.29) is 11.4 Å². The monoisotopic (exact) mass is 345 g/mol. The number of pyridine rings is 1. The Bertz CT molecular complexity index is 941.